The van der Waals surface area contributed by atoms with Crippen molar-refractivity contribution in [1.82, 2.24) is 0 Å². The molecule has 0 saturated carbocycles. The third-order valence-corrected chi connectivity index (χ3v) is 3.35. The fraction of sp³-hybridized carbons (Fsp3) is 0.200. The summed E-state index contributed by atoms with van der Waals surface area (Å²) in [7, 11) is 0. The summed E-state index contributed by atoms with van der Waals surface area (Å²) in [5, 5.41) is 0.668. The number of hydrogen-bond acceptors (Lipinski definition) is 1. The van der Waals surface area contributed by atoms with Gasteiger partial charge in [0.25, 0.3) is 0 Å². The van der Waals surface area contributed by atoms with Gasteiger partial charge in [0.2, 0.25) is 0 Å². The third-order valence-electron chi connectivity index (χ3n) is 2.74. The van der Waals surface area contributed by atoms with Gasteiger partial charge in [0, 0.05) is 17.0 Å². The maximum atomic E-state index is 13.1. The van der Waals surface area contributed by atoms with Crippen LogP contribution in [0.1, 0.15) is 16.7 Å². The van der Waals surface area contributed by atoms with E-state index in [1.807, 2.05) is 25.1 Å². The van der Waals surface area contributed by atoms with Crippen LogP contribution in [0.15, 0.2) is 36.4 Å². The molecule has 0 aliphatic rings. The van der Waals surface area contributed by atoms with Crippen molar-refractivity contribution in [3.63, 3.8) is 0 Å². The minimum absolute atomic E-state index is 0.138. The van der Waals surface area contributed by atoms with Crippen molar-refractivity contribution >= 4 is 15.9 Å². The zero-order valence-electron chi connectivity index (χ0n) is 10.4. The molecule has 0 spiro atoms. The van der Waals surface area contributed by atoms with Gasteiger partial charge in [-0.05, 0) is 30.2 Å². The average molecular weight is 327 g/mol. The summed E-state index contributed by atoms with van der Waals surface area (Å²) in [5.74, 6) is -0.433. The number of rotatable bonds is 4. The second kappa shape index (κ2) is 6.15. The van der Waals surface area contributed by atoms with Crippen LogP contribution in [-0.2, 0) is 11.9 Å². The Morgan fingerprint density at radius 1 is 1.11 bits per heavy atom. The van der Waals surface area contributed by atoms with Gasteiger partial charge in [0.15, 0.2) is 0 Å². The van der Waals surface area contributed by atoms with Crippen molar-refractivity contribution in [2.24, 2.45) is 0 Å². The Labute approximate surface area is 119 Å². The van der Waals surface area contributed by atoms with Crippen LogP contribution in [0.2, 0.25) is 0 Å². The summed E-state index contributed by atoms with van der Waals surface area (Å²) in [4.78, 5) is 0. The van der Waals surface area contributed by atoms with Crippen molar-refractivity contribution < 1.29 is 13.5 Å². The van der Waals surface area contributed by atoms with Gasteiger partial charge >= 0.3 is 0 Å². The Morgan fingerprint density at radius 2 is 1.79 bits per heavy atom. The van der Waals surface area contributed by atoms with E-state index in [0.717, 1.165) is 22.9 Å². The molecule has 0 aliphatic heterocycles. The molecule has 0 fully saturated rings. The first-order valence-corrected chi connectivity index (χ1v) is 6.94. The number of hydrogen-bond donors (Lipinski definition) is 0. The lowest BCUT2D eigenvalue weighted by atomic mass is 10.1. The van der Waals surface area contributed by atoms with Crippen LogP contribution >= 0.6 is 15.9 Å². The van der Waals surface area contributed by atoms with Gasteiger partial charge in [-0.15, -0.1) is 0 Å². The Morgan fingerprint density at radius 3 is 2.42 bits per heavy atom. The largest absolute Gasteiger partial charge is 0.488 e. The summed E-state index contributed by atoms with van der Waals surface area (Å²) < 4.78 is 31.8. The molecule has 0 unspecified atom stereocenters. The zero-order valence-corrected chi connectivity index (χ0v) is 12.0. The molecule has 0 radical (unpaired) electrons. The first-order chi connectivity index (χ1) is 9.10. The number of halogens is 3. The zero-order chi connectivity index (χ0) is 13.8. The Balaban J connectivity index is 2.18. The summed E-state index contributed by atoms with van der Waals surface area (Å²) >= 11 is 3.39. The predicted octanol–water partition coefficient (Wildman–Crippen LogP) is 4.75. The van der Waals surface area contributed by atoms with Gasteiger partial charge in [-0.2, -0.15) is 0 Å². The van der Waals surface area contributed by atoms with Gasteiger partial charge in [0.1, 0.15) is 24.0 Å². The number of para-hydroxylation sites is 1. The second-order valence-electron chi connectivity index (χ2n) is 4.26. The number of alkyl halides is 1. The topological polar surface area (TPSA) is 9.23 Å². The Bertz CT molecular complexity index is 564. The van der Waals surface area contributed by atoms with Crippen LogP contribution in [0.3, 0.4) is 0 Å². The Kier molecular flexibility index (Phi) is 4.53. The van der Waals surface area contributed by atoms with Gasteiger partial charge in [-0.25, -0.2) is 8.78 Å². The molecule has 0 atom stereocenters. The highest BCUT2D eigenvalue weighted by molar-refractivity contribution is 9.08. The van der Waals surface area contributed by atoms with Crippen LogP contribution < -0.4 is 4.74 Å². The van der Waals surface area contributed by atoms with E-state index in [4.69, 9.17) is 4.74 Å². The van der Waals surface area contributed by atoms with Crippen LogP contribution in [0.25, 0.3) is 0 Å². The SMILES string of the molecule is Cc1cccc(CBr)c1OCc1cc(F)cc(F)c1. The highest BCUT2D eigenvalue weighted by atomic mass is 79.9. The van der Waals surface area contributed by atoms with Crippen molar-refractivity contribution in [1.29, 1.82) is 0 Å². The summed E-state index contributed by atoms with van der Waals surface area (Å²) in [6, 6.07) is 9.23. The van der Waals surface area contributed by atoms with Gasteiger partial charge in [0.05, 0.1) is 0 Å². The van der Waals surface area contributed by atoms with Gasteiger partial charge in [-0.1, -0.05) is 34.1 Å². The summed E-state index contributed by atoms with van der Waals surface area (Å²) in [5.41, 5.74) is 2.48. The lowest BCUT2D eigenvalue weighted by molar-refractivity contribution is 0.300. The lowest BCUT2D eigenvalue weighted by Gasteiger charge is -2.13. The summed E-state index contributed by atoms with van der Waals surface area (Å²) in [6.45, 7) is 2.08. The minimum atomic E-state index is -0.593. The van der Waals surface area contributed by atoms with Crippen molar-refractivity contribution in [2.45, 2.75) is 18.9 Å². The van der Waals surface area contributed by atoms with E-state index in [0.29, 0.717) is 10.9 Å². The van der Waals surface area contributed by atoms with E-state index >= 15 is 0 Å². The highest BCUT2D eigenvalue weighted by Gasteiger charge is 2.07. The van der Waals surface area contributed by atoms with E-state index < -0.39 is 11.6 Å². The van der Waals surface area contributed by atoms with Crippen LogP contribution in [0.4, 0.5) is 8.78 Å². The van der Waals surface area contributed by atoms with E-state index in [9.17, 15) is 8.78 Å². The molecule has 4 heteroatoms. The lowest BCUT2D eigenvalue weighted by Crippen LogP contribution is -2.00. The normalized spacial score (nSPS) is 10.5. The van der Waals surface area contributed by atoms with Crippen LogP contribution in [-0.4, -0.2) is 0 Å². The monoisotopic (exact) mass is 326 g/mol. The van der Waals surface area contributed by atoms with E-state index in [-0.39, 0.29) is 6.61 Å². The minimum Gasteiger partial charge on any atom is -0.488 e. The fourth-order valence-electron chi connectivity index (χ4n) is 1.87. The molecular formula is C15H13BrF2O. The molecule has 0 amide bonds. The van der Waals surface area contributed by atoms with Crippen molar-refractivity contribution in [2.75, 3.05) is 0 Å². The van der Waals surface area contributed by atoms with Crippen molar-refractivity contribution in [3.8, 4) is 5.75 Å². The molecule has 1 nitrogen and oxygen atoms in total. The second-order valence-corrected chi connectivity index (χ2v) is 4.82. The molecule has 19 heavy (non-hydrogen) atoms. The molecule has 0 aliphatic carbocycles. The molecule has 2 aromatic rings. The highest BCUT2D eigenvalue weighted by Crippen LogP contribution is 2.26. The smallest absolute Gasteiger partial charge is 0.126 e. The number of ether oxygens (including phenoxy) is 1. The number of aryl methyl sites for hydroxylation is 1. The first kappa shape index (κ1) is 14.0. The molecule has 2 aromatic carbocycles. The maximum Gasteiger partial charge on any atom is 0.126 e. The van der Waals surface area contributed by atoms with Crippen molar-refractivity contribution in [3.05, 3.63) is 64.7 Å². The molecule has 100 valence electrons. The van der Waals surface area contributed by atoms with Gasteiger partial charge in [-0.3, -0.25) is 0 Å². The predicted molar refractivity (Wildman–Crippen MR) is 74.5 cm³/mol. The molecule has 0 aromatic heterocycles. The molecule has 0 heterocycles. The van der Waals surface area contributed by atoms with E-state index in [1.54, 1.807) is 0 Å². The van der Waals surface area contributed by atoms with Gasteiger partial charge < -0.3 is 4.74 Å². The molecule has 0 N–H and O–H groups in total. The van der Waals surface area contributed by atoms with E-state index in [2.05, 4.69) is 15.9 Å². The summed E-state index contributed by atoms with van der Waals surface area (Å²) in [6.07, 6.45) is 0. The molecular weight excluding hydrogens is 314 g/mol. The van der Waals surface area contributed by atoms with E-state index in [1.165, 1.54) is 12.1 Å². The third kappa shape index (κ3) is 3.53. The molecule has 2 rings (SSSR count). The molecule has 0 bridgehead atoms. The number of benzene rings is 2. The molecule has 0 saturated heterocycles. The van der Waals surface area contributed by atoms with Crippen LogP contribution in [0, 0.1) is 18.6 Å². The average Bonchev–Trinajstić information content (AvgIpc) is 2.36. The van der Waals surface area contributed by atoms with Crippen LogP contribution in [0.5, 0.6) is 5.75 Å². The standard InChI is InChI=1S/C15H13BrF2O/c1-10-3-2-4-12(8-16)15(10)19-9-11-5-13(17)7-14(18)6-11/h2-7H,8-9H2,1H3. The maximum absolute atomic E-state index is 13.1. The first-order valence-electron chi connectivity index (χ1n) is 5.82. The quantitative estimate of drug-likeness (QED) is 0.737. The Hall–Kier alpha value is -1.42. The fourth-order valence-corrected chi connectivity index (χ4v) is 2.32.